The molecular formula is C22H18BF3. The van der Waals surface area contributed by atoms with Gasteiger partial charge in [0.25, 0.3) is 0 Å². The van der Waals surface area contributed by atoms with E-state index in [9.17, 15) is 13.2 Å². The molecule has 0 aliphatic carbocycles. The molecule has 0 unspecified atom stereocenters. The normalized spacial score (nSPS) is 11.5. The molecule has 26 heavy (non-hydrogen) atoms. The maximum Gasteiger partial charge on any atom is 0.127 e. The molecule has 4 heteroatoms. The van der Waals surface area contributed by atoms with Crippen LogP contribution in [0.25, 0.3) is 0 Å². The summed E-state index contributed by atoms with van der Waals surface area (Å²) >= 11 is 0. The summed E-state index contributed by atoms with van der Waals surface area (Å²) in [7, 11) is 5.70. The van der Waals surface area contributed by atoms with Gasteiger partial charge in [-0.3, -0.25) is 0 Å². The average molecular weight is 350 g/mol. The monoisotopic (exact) mass is 350 g/mol. The molecule has 3 aromatic carbocycles. The van der Waals surface area contributed by atoms with Crippen LogP contribution in [0.2, 0.25) is 6.32 Å². The zero-order chi connectivity index (χ0) is 18.6. The zero-order valence-electron chi connectivity index (χ0n) is 14.3. The van der Waals surface area contributed by atoms with Crippen molar-refractivity contribution in [3.63, 3.8) is 0 Å². The number of hydrogen-bond donors (Lipinski definition) is 0. The van der Waals surface area contributed by atoms with Gasteiger partial charge in [-0.25, -0.2) is 13.2 Å². The van der Waals surface area contributed by atoms with Crippen molar-refractivity contribution in [1.82, 2.24) is 0 Å². The van der Waals surface area contributed by atoms with Crippen LogP contribution in [0.1, 0.15) is 29.5 Å². The van der Waals surface area contributed by atoms with Crippen LogP contribution in [0.4, 0.5) is 13.2 Å². The summed E-state index contributed by atoms with van der Waals surface area (Å²) < 4.78 is 44.6. The Morgan fingerprint density at radius 1 is 0.615 bits per heavy atom. The molecule has 0 aliphatic heterocycles. The van der Waals surface area contributed by atoms with Crippen molar-refractivity contribution in [2.45, 2.75) is 24.6 Å². The number of hydrogen-bond acceptors (Lipinski definition) is 0. The molecule has 0 N–H and O–H groups in total. The third-order valence-electron chi connectivity index (χ3n) is 4.76. The molecule has 0 aromatic heterocycles. The predicted molar refractivity (Wildman–Crippen MR) is 98.9 cm³/mol. The van der Waals surface area contributed by atoms with Crippen molar-refractivity contribution in [2.75, 3.05) is 0 Å². The van der Waals surface area contributed by atoms with Crippen LogP contribution in [0.15, 0.2) is 72.8 Å². The summed E-state index contributed by atoms with van der Waals surface area (Å²) in [4.78, 5) is 0. The van der Waals surface area contributed by atoms with Crippen LogP contribution >= 0.6 is 0 Å². The zero-order valence-corrected chi connectivity index (χ0v) is 14.3. The first-order valence-corrected chi connectivity index (χ1v) is 8.56. The first-order chi connectivity index (χ1) is 12.6. The summed E-state index contributed by atoms with van der Waals surface area (Å²) in [6.07, 6.45) is 1.10. The maximum atomic E-state index is 14.9. The minimum absolute atomic E-state index is 0.239. The van der Waals surface area contributed by atoms with Crippen LogP contribution in [0, 0.1) is 17.5 Å². The van der Waals surface area contributed by atoms with Gasteiger partial charge >= 0.3 is 0 Å². The highest BCUT2D eigenvalue weighted by Gasteiger charge is 2.41. The topological polar surface area (TPSA) is 0 Å². The van der Waals surface area contributed by atoms with Crippen LogP contribution in [-0.4, -0.2) is 7.85 Å². The Kier molecular flexibility index (Phi) is 5.50. The third-order valence-corrected chi connectivity index (χ3v) is 4.76. The molecule has 3 aromatic rings. The third kappa shape index (κ3) is 3.16. The molecule has 0 fully saturated rings. The second-order valence-corrected chi connectivity index (χ2v) is 6.24. The Bertz CT molecular complexity index is 781. The second kappa shape index (κ2) is 7.82. The predicted octanol–water partition coefficient (Wildman–Crippen LogP) is 5.81. The molecule has 130 valence electrons. The highest BCUT2D eigenvalue weighted by Crippen LogP contribution is 2.46. The first-order valence-electron chi connectivity index (χ1n) is 8.56. The number of benzene rings is 3. The van der Waals surface area contributed by atoms with E-state index in [4.69, 9.17) is 7.85 Å². The first kappa shape index (κ1) is 18.3. The molecule has 0 spiro atoms. The molecular weight excluding hydrogens is 332 g/mol. The Morgan fingerprint density at radius 3 is 1.27 bits per heavy atom. The molecule has 0 amide bonds. The number of halogens is 3. The maximum absolute atomic E-state index is 14.9. The molecule has 3 rings (SSSR count). The van der Waals surface area contributed by atoms with Gasteiger partial charge in [0.1, 0.15) is 17.5 Å². The molecule has 0 heterocycles. The van der Waals surface area contributed by atoms with E-state index in [0.717, 1.165) is 0 Å². The summed E-state index contributed by atoms with van der Waals surface area (Å²) in [6, 6.07) is 18.4. The van der Waals surface area contributed by atoms with Crippen molar-refractivity contribution in [3.8, 4) is 0 Å². The largest absolute Gasteiger partial charge is 0.207 e. The highest BCUT2D eigenvalue weighted by atomic mass is 19.1. The highest BCUT2D eigenvalue weighted by molar-refractivity contribution is 6.08. The van der Waals surface area contributed by atoms with Crippen LogP contribution in [0.3, 0.4) is 0 Å². The lowest BCUT2D eigenvalue weighted by Crippen LogP contribution is -2.33. The van der Waals surface area contributed by atoms with Crippen molar-refractivity contribution in [3.05, 3.63) is 107 Å². The molecule has 0 atom stereocenters. The summed E-state index contributed by atoms with van der Waals surface area (Å²) in [6.45, 7) is 0. The van der Waals surface area contributed by atoms with Crippen molar-refractivity contribution >= 4 is 7.85 Å². The van der Waals surface area contributed by atoms with Gasteiger partial charge in [0.15, 0.2) is 0 Å². The molecule has 0 bridgehead atoms. The molecule has 2 radical (unpaired) electrons. The molecule has 0 saturated heterocycles. The van der Waals surface area contributed by atoms with E-state index in [1.165, 1.54) is 18.2 Å². The average Bonchev–Trinajstić information content (AvgIpc) is 2.65. The van der Waals surface area contributed by atoms with Gasteiger partial charge in [0, 0.05) is 16.7 Å². The van der Waals surface area contributed by atoms with Gasteiger partial charge in [0.05, 0.1) is 13.3 Å². The summed E-state index contributed by atoms with van der Waals surface area (Å²) in [5.41, 5.74) is -0.586. The van der Waals surface area contributed by atoms with Crippen LogP contribution in [-0.2, 0) is 5.41 Å². The van der Waals surface area contributed by atoms with E-state index in [1.807, 2.05) is 0 Å². The smallest absolute Gasteiger partial charge is 0.127 e. The van der Waals surface area contributed by atoms with E-state index >= 15 is 0 Å². The Hall–Kier alpha value is -2.49. The minimum Gasteiger partial charge on any atom is -0.207 e. The van der Waals surface area contributed by atoms with Crippen molar-refractivity contribution in [2.24, 2.45) is 0 Å². The Balaban J connectivity index is 2.41. The lowest BCUT2D eigenvalue weighted by Gasteiger charge is -2.36. The van der Waals surface area contributed by atoms with Gasteiger partial charge in [-0.15, -0.1) is 0 Å². The van der Waals surface area contributed by atoms with Crippen LogP contribution in [0.5, 0.6) is 0 Å². The van der Waals surface area contributed by atoms with Crippen LogP contribution < -0.4 is 0 Å². The standard InChI is InChI=1S/C22H18BF3/c23-15-7-14-22(16-8-1-4-11-19(16)24,17-9-2-5-12-20(17)25)18-10-3-6-13-21(18)26/h1-6,8-13H,7,14-15H2. The fraction of sp³-hybridized carbons (Fsp3) is 0.182. The minimum atomic E-state index is -1.30. The van der Waals surface area contributed by atoms with E-state index in [1.54, 1.807) is 54.6 Å². The van der Waals surface area contributed by atoms with Gasteiger partial charge in [-0.1, -0.05) is 67.3 Å². The molecule has 0 aliphatic rings. The fourth-order valence-electron chi connectivity index (χ4n) is 3.63. The molecule has 0 nitrogen and oxygen atoms in total. The van der Waals surface area contributed by atoms with Gasteiger partial charge < -0.3 is 0 Å². The van der Waals surface area contributed by atoms with Crippen molar-refractivity contribution in [1.29, 1.82) is 0 Å². The van der Waals surface area contributed by atoms with Crippen molar-refractivity contribution < 1.29 is 13.2 Å². The van der Waals surface area contributed by atoms with E-state index in [2.05, 4.69) is 0 Å². The van der Waals surface area contributed by atoms with Gasteiger partial charge in [-0.05, 0) is 24.6 Å². The van der Waals surface area contributed by atoms with Gasteiger partial charge in [-0.2, -0.15) is 0 Å². The molecule has 0 saturated carbocycles. The quantitative estimate of drug-likeness (QED) is 0.389. The lowest BCUT2D eigenvalue weighted by atomic mass is 9.65. The number of rotatable bonds is 6. The summed E-state index contributed by atoms with van der Waals surface area (Å²) in [5.74, 6) is -1.51. The second-order valence-electron chi connectivity index (χ2n) is 6.24. The Labute approximate surface area is 153 Å². The van der Waals surface area contributed by atoms with E-state index in [-0.39, 0.29) is 23.1 Å². The summed E-state index contributed by atoms with van der Waals surface area (Å²) in [5, 5.41) is 0. The van der Waals surface area contributed by atoms with Gasteiger partial charge in [0.2, 0.25) is 0 Å². The lowest BCUT2D eigenvalue weighted by molar-refractivity contribution is 0.458. The van der Waals surface area contributed by atoms with E-state index < -0.39 is 22.9 Å². The SMILES string of the molecule is [B]CCCC(c1ccccc1F)(c1ccccc1F)c1ccccc1F. The Morgan fingerprint density at radius 2 is 0.962 bits per heavy atom. The fourth-order valence-corrected chi connectivity index (χ4v) is 3.63. The van der Waals surface area contributed by atoms with E-state index in [0.29, 0.717) is 12.7 Å².